The van der Waals surface area contributed by atoms with Gasteiger partial charge in [-0.15, -0.1) is 0 Å². The third-order valence-corrected chi connectivity index (χ3v) is 9.79. The number of aryl methyl sites for hydroxylation is 2. The summed E-state index contributed by atoms with van der Waals surface area (Å²) in [6.45, 7) is 7.34. The molecule has 4 rings (SSSR count). The molecule has 0 aliphatic heterocycles. The van der Waals surface area contributed by atoms with Crippen LogP contribution < -0.4 is 9.62 Å². The molecule has 0 aliphatic carbocycles. The fourth-order valence-corrected chi connectivity index (χ4v) is 6.40. The number of benzene rings is 4. The SMILES string of the molecule is CC[C@@H](C)NC(=O)[C@@H](Cc1ccccc1)N(Cc1ccc(C)cc1)C(=O)CN(c1ccc(Cl)cc1)S(=O)(=O)c1ccc(C)cc1. The summed E-state index contributed by atoms with van der Waals surface area (Å²) in [5, 5.41) is 3.49. The largest absolute Gasteiger partial charge is 0.352 e. The number of rotatable bonds is 13. The molecule has 2 atom stereocenters. The van der Waals surface area contributed by atoms with Gasteiger partial charge in [-0.2, -0.15) is 0 Å². The summed E-state index contributed by atoms with van der Waals surface area (Å²) in [7, 11) is -4.18. The van der Waals surface area contributed by atoms with Gasteiger partial charge < -0.3 is 10.2 Å². The molecule has 2 amide bonds. The van der Waals surface area contributed by atoms with Crippen molar-refractivity contribution >= 4 is 39.1 Å². The zero-order valence-electron chi connectivity index (χ0n) is 26.1. The standard InChI is InChI=1S/C36H40ClN3O4S/c1-5-28(4)38-36(42)34(23-29-9-7-6-8-10-29)39(24-30-15-11-26(2)12-16-30)35(41)25-40(32-19-17-31(37)18-20-32)45(43,44)33-21-13-27(3)14-22-33/h6-22,28,34H,5,23-25H2,1-4H3,(H,38,42)/t28-,34-/m1/s1. The molecule has 0 saturated heterocycles. The molecule has 0 saturated carbocycles. The van der Waals surface area contributed by atoms with Crippen LogP contribution in [0.15, 0.2) is 108 Å². The Balaban J connectivity index is 1.80. The van der Waals surface area contributed by atoms with Crippen LogP contribution in [0.1, 0.15) is 42.5 Å². The van der Waals surface area contributed by atoms with Crippen LogP contribution in [0.25, 0.3) is 0 Å². The molecule has 7 nitrogen and oxygen atoms in total. The quantitative estimate of drug-likeness (QED) is 0.175. The van der Waals surface area contributed by atoms with Crippen molar-refractivity contribution in [3.05, 3.63) is 130 Å². The summed E-state index contributed by atoms with van der Waals surface area (Å²) >= 11 is 6.14. The number of carbonyl (C=O) groups is 2. The van der Waals surface area contributed by atoms with Crippen LogP contribution >= 0.6 is 11.6 Å². The van der Waals surface area contributed by atoms with Crippen molar-refractivity contribution in [1.82, 2.24) is 10.2 Å². The van der Waals surface area contributed by atoms with Crippen LogP contribution in [-0.4, -0.2) is 43.8 Å². The number of carbonyl (C=O) groups excluding carboxylic acids is 2. The molecular formula is C36H40ClN3O4S. The Morgan fingerprint density at radius 2 is 1.38 bits per heavy atom. The zero-order chi connectivity index (χ0) is 32.6. The maximum atomic E-state index is 14.5. The van der Waals surface area contributed by atoms with Crippen molar-refractivity contribution in [2.75, 3.05) is 10.8 Å². The van der Waals surface area contributed by atoms with E-state index in [1.807, 2.05) is 82.3 Å². The van der Waals surface area contributed by atoms with Crippen molar-refractivity contribution < 1.29 is 18.0 Å². The van der Waals surface area contributed by atoms with Gasteiger partial charge in [0.2, 0.25) is 11.8 Å². The molecule has 4 aromatic rings. The van der Waals surface area contributed by atoms with Crippen LogP contribution in [0.5, 0.6) is 0 Å². The lowest BCUT2D eigenvalue weighted by atomic mass is 10.0. The van der Waals surface area contributed by atoms with Crippen LogP contribution in [0.3, 0.4) is 0 Å². The Hall–Kier alpha value is -4.14. The Bertz CT molecular complexity index is 1680. The fraction of sp³-hybridized carbons (Fsp3) is 0.278. The summed E-state index contributed by atoms with van der Waals surface area (Å²) < 4.78 is 29.3. The summed E-state index contributed by atoms with van der Waals surface area (Å²) in [4.78, 5) is 30.0. The van der Waals surface area contributed by atoms with Gasteiger partial charge in [0.1, 0.15) is 12.6 Å². The minimum absolute atomic E-state index is 0.0521. The lowest BCUT2D eigenvalue weighted by Crippen LogP contribution is -2.54. The summed E-state index contributed by atoms with van der Waals surface area (Å²) in [6, 6.07) is 29.0. The van der Waals surface area contributed by atoms with E-state index in [4.69, 9.17) is 11.6 Å². The van der Waals surface area contributed by atoms with E-state index in [1.54, 1.807) is 36.4 Å². The molecule has 0 aromatic heterocycles. The van der Waals surface area contributed by atoms with Gasteiger partial charge in [-0.1, -0.05) is 96.4 Å². The van der Waals surface area contributed by atoms with Crippen molar-refractivity contribution in [1.29, 1.82) is 0 Å². The molecule has 45 heavy (non-hydrogen) atoms. The van der Waals surface area contributed by atoms with Crippen molar-refractivity contribution in [3.8, 4) is 0 Å². The second kappa shape index (κ2) is 15.2. The van der Waals surface area contributed by atoms with Gasteiger partial charge in [0.15, 0.2) is 0 Å². The van der Waals surface area contributed by atoms with E-state index in [2.05, 4.69) is 5.32 Å². The maximum Gasteiger partial charge on any atom is 0.264 e. The van der Waals surface area contributed by atoms with Gasteiger partial charge >= 0.3 is 0 Å². The zero-order valence-corrected chi connectivity index (χ0v) is 27.7. The first-order valence-corrected chi connectivity index (χ1v) is 16.8. The Labute approximate surface area is 271 Å². The van der Waals surface area contributed by atoms with Crippen LogP contribution in [0.2, 0.25) is 5.02 Å². The van der Waals surface area contributed by atoms with Gasteiger partial charge in [-0.25, -0.2) is 8.42 Å². The van der Waals surface area contributed by atoms with E-state index in [0.717, 1.165) is 33.0 Å². The fourth-order valence-electron chi connectivity index (χ4n) is 4.86. The highest BCUT2D eigenvalue weighted by molar-refractivity contribution is 7.92. The van der Waals surface area contributed by atoms with Crippen LogP contribution in [-0.2, 0) is 32.6 Å². The lowest BCUT2D eigenvalue weighted by molar-refractivity contribution is -0.140. The Morgan fingerprint density at radius 3 is 1.96 bits per heavy atom. The molecule has 4 aromatic carbocycles. The van der Waals surface area contributed by atoms with E-state index in [1.165, 1.54) is 17.0 Å². The van der Waals surface area contributed by atoms with E-state index in [0.29, 0.717) is 5.02 Å². The minimum Gasteiger partial charge on any atom is -0.352 e. The first kappa shape index (κ1) is 33.7. The first-order valence-electron chi connectivity index (χ1n) is 15.0. The number of sulfonamides is 1. The van der Waals surface area contributed by atoms with Gasteiger partial charge in [0.05, 0.1) is 10.6 Å². The molecule has 9 heteroatoms. The van der Waals surface area contributed by atoms with Crippen molar-refractivity contribution in [2.45, 2.75) is 64.1 Å². The summed E-state index contributed by atoms with van der Waals surface area (Å²) in [5.74, 6) is -0.811. The molecule has 236 valence electrons. The second-order valence-corrected chi connectivity index (χ2v) is 13.6. The highest BCUT2D eigenvalue weighted by Crippen LogP contribution is 2.27. The van der Waals surface area contributed by atoms with E-state index < -0.39 is 28.5 Å². The number of anilines is 1. The third kappa shape index (κ3) is 8.96. The maximum absolute atomic E-state index is 14.5. The molecular weight excluding hydrogens is 606 g/mol. The summed E-state index contributed by atoms with van der Waals surface area (Å²) in [5.41, 5.74) is 3.95. The molecule has 0 aliphatic rings. The van der Waals surface area contributed by atoms with E-state index in [9.17, 15) is 18.0 Å². The highest BCUT2D eigenvalue weighted by atomic mass is 35.5. The van der Waals surface area contributed by atoms with Crippen LogP contribution in [0, 0.1) is 13.8 Å². The lowest BCUT2D eigenvalue weighted by Gasteiger charge is -2.34. The molecule has 1 N–H and O–H groups in total. The molecule has 0 unspecified atom stereocenters. The highest BCUT2D eigenvalue weighted by Gasteiger charge is 2.35. The van der Waals surface area contributed by atoms with Gasteiger partial charge in [-0.3, -0.25) is 13.9 Å². The molecule has 0 spiro atoms. The first-order chi connectivity index (χ1) is 21.5. The van der Waals surface area contributed by atoms with Gasteiger partial charge in [-0.05, 0) is 74.7 Å². The van der Waals surface area contributed by atoms with Crippen molar-refractivity contribution in [2.24, 2.45) is 0 Å². The predicted molar refractivity (Wildman–Crippen MR) is 181 cm³/mol. The average Bonchev–Trinajstić information content (AvgIpc) is 3.03. The van der Waals surface area contributed by atoms with E-state index >= 15 is 0 Å². The molecule has 0 heterocycles. The van der Waals surface area contributed by atoms with Crippen molar-refractivity contribution in [3.63, 3.8) is 0 Å². The number of hydrogen-bond acceptors (Lipinski definition) is 4. The number of nitrogens with zero attached hydrogens (tertiary/aromatic N) is 2. The number of amides is 2. The normalized spacial score (nSPS) is 12.6. The minimum atomic E-state index is -4.18. The predicted octanol–water partition coefficient (Wildman–Crippen LogP) is 6.71. The number of nitrogens with one attached hydrogen (secondary N) is 1. The second-order valence-electron chi connectivity index (χ2n) is 11.3. The molecule has 0 radical (unpaired) electrons. The van der Waals surface area contributed by atoms with Gasteiger partial charge in [0.25, 0.3) is 10.0 Å². The van der Waals surface area contributed by atoms with E-state index in [-0.39, 0.29) is 35.5 Å². The topological polar surface area (TPSA) is 86.8 Å². The smallest absolute Gasteiger partial charge is 0.264 e. The average molecular weight is 646 g/mol. The third-order valence-electron chi connectivity index (χ3n) is 7.75. The molecule has 0 bridgehead atoms. The molecule has 0 fully saturated rings. The van der Waals surface area contributed by atoms with Gasteiger partial charge in [0, 0.05) is 24.0 Å². The van der Waals surface area contributed by atoms with Crippen LogP contribution in [0.4, 0.5) is 5.69 Å². The summed E-state index contributed by atoms with van der Waals surface area (Å²) in [6.07, 6.45) is 0.973. The monoisotopic (exact) mass is 645 g/mol. The number of halogens is 1. The Morgan fingerprint density at radius 1 is 0.800 bits per heavy atom. The number of hydrogen-bond donors (Lipinski definition) is 1. The Kier molecular flexibility index (Phi) is 11.4.